The summed E-state index contributed by atoms with van der Waals surface area (Å²) in [5.74, 6) is -0.147. The smallest absolute Gasteiger partial charge is 0.311 e. The van der Waals surface area contributed by atoms with Gasteiger partial charge < -0.3 is 9.47 Å². The molecule has 0 fully saturated rings. The van der Waals surface area contributed by atoms with Crippen LogP contribution >= 0.6 is 0 Å². The van der Waals surface area contributed by atoms with Gasteiger partial charge in [0.25, 0.3) is 0 Å². The molecular formula is C11H22O3. The van der Waals surface area contributed by atoms with Crippen molar-refractivity contribution in [1.29, 1.82) is 0 Å². The molecule has 0 aromatic carbocycles. The predicted octanol–water partition coefficient (Wildman–Crippen LogP) is 2.39. The van der Waals surface area contributed by atoms with Crippen LogP contribution in [0.5, 0.6) is 0 Å². The monoisotopic (exact) mass is 202 g/mol. The van der Waals surface area contributed by atoms with E-state index < -0.39 is 5.41 Å². The van der Waals surface area contributed by atoms with Gasteiger partial charge in [-0.3, -0.25) is 4.79 Å². The van der Waals surface area contributed by atoms with Gasteiger partial charge in [-0.1, -0.05) is 0 Å². The van der Waals surface area contributed by atoms with Crippen LogP contribution in [0, 0.1) is 5.41 Å². The predicted molar refractivity (Wildman–Crippen MR) is 56.1 cm³/mol. The third-order valence-corrected chi connectivity index (χ3v) is 2.08. The minimum atomic E-state index is -0.454. The molecule has 0 saturated carbocycles. The molecule has 0 aliphatic heterocycles. The Kier molecular flexibility index (Phi) is 5.77. The van der Waals surface area contributed by atoms with Gasteiger partial charge >= 0.3 is 5.97 Å². The van der Waals surface area contributed by atoms with Crippen molar-refractivity contribution < 1.29 is 14.3 Å². The van der Waals surface area contributed by atoms with Gasteiger partial charge in [-0.2, -0.15) is 0 Å². The Morgan fingerprint density at radius 3 is 2.29 bits per heavy atom. The Labute approximate surface area is 86.8 Å². The first-order valence-corrected chi connectivity index (χ1v) is 5.22. The van der Waals surface area contributed by atoms with Gasteiger partial charge in [-0.25, -0.2) is 0 Å². The number of rotatable bonds is 6. The molecule has 0 saturated heterocycles. The zero-order valence-corrected chi connectivity index (χ0v) is 9.92. The summed E-state index contributed by atoms with van der Waals surface area (Å²) >= 11 is 0. The second kappa shape index (κ2) is 6.02. The maximum atomic E-state index is 11.5. The summed E-state index contributed by atoms with van der Waals surface area (Å²) in [6, 6.07) is 0. The molecule has 0 radical (unpaired) electrons. The van der Waals surface area contributed by atoms with Crippen LogP contribution in [0.1, 0.15) is 41.0 Å². The highest BCUT2D eigenvalue weighted by atomic mass is 16.5. The molecule has 84 valence electrons. The van der Waals surface area contributed by atoms with E-state index >= 15 is 0 Å². The molecule has 0 heterocycles. The Bertz CT molecular complexity index is 175. The van der Waals surface area contributed by atoms with Crippen molar-refractivity contribution in [2.24, 2.45) is 5.41 Å². The van der Waals surface area contributed by atoms with Gasteiger partial charge in [0.1, 0.15) is 0 Å². The Morgan fingerprint density at radius 2 is 1.86 bits per heavy atom. The molecule has 1 atom stereocenters. The first-order valence-electron chi connectivity index (χ1n) is 5.22. The molecule has 0 bridgehead atoms. The lowest BCUT2D eigenvalue weighted by molar-refractivity contribution is -0.155. The Hall–Kier alpha value is -0.570. The van der Waals surface area contributed by atoms with Crippen molar-refractivity contribution in [1.82, 2.24) is 0 Å². The molecule has 0 aromatic rings. The largest absolute Gasteiger partial charge is 0.466 e. The maximum Gasteiger partial charge on any atom is 0.311 e. The summed E-state index contributed by atoms with van der Waals surface area (Å²) in [5.41, 5.74) is -0.454. The van der Waals surface area contributed by atoms with Gasteiger partial charge in [0, 0.05) is 6.61 Å². The highest BCUT2D eigenvalue weighted by Crippen LogP contribution is 2.25. The van der Waals surface area contributed by atoms with Gasteiger partial charge in [0.05, 0.1) is 18.1 Å². The fourth-order valence-electron chi connectivity index (χ4n) is 1.47. The van der Waals surface area contributed by atoms with Crippen LogP contribution in [0.4, 0.5) is 0 Å². The number of hydrogen-bond donors (Lipinski definition) is 0. The van der Waals surface area contributed by atoms with Crippen LogP contribution in [0.25, 0.3) is 0 Å². The zero-order chi connectivity index (χ0) is 11.2. The van der Waals surface area contributed by atoms with Crippen LogP contribution in [0.15, 0.2) is 0 Å². The van der Waals surface area contributed by atoms with Crippen molar-refractivity contribution in [3.8, 4) is 0 Å². The molecule has 1 unspecified atom stereocenters. The molecule has 0 amide bonds. The fourth-order valence-corrected chi connectivity index (χ4v) is 1.47. The number of carbonyl (C=O) groups excluding carboxylic acids is 1. The quantitative estimate of drug-likeness (QED) is 0.620. The minimum absolute atomic E-state index is 0.0967. The lowest BCUT2D eigenvalue weighted by Gasteiger charge is -2.25. The third kappa shape index (κ3) is 4.61. The molecule has 14 heavy (non-hydrogen) atoms. The molecule has 0 aliphatic carbocycles. The van der Waals surface area contributed by atoms with E-state index in [1.54, 1.807) is 0 Å². The highest BCUT2D eigenvalue weighted by Gasteiger charge is 2.31. The molecule has 3 nitrogen and oxygen atoms in total. The number of hydrogen-bond acceptors (Lipinski definition) is 3. The number of ether oxygens (including phenoxy) is 2. The van der Waals surface area contributed by atoms with E-state index in [1.165, 1.54) is 0 Å². The van der Waals surface area contributed by atoms with E-state index in [9.17, 15) is 4.79 Å². The van der Waals surface area contributed by atoms with E-state index in [1.807, 2.05) is 34.6 Å². The van der Waals surface area contributed by atoms with Crippen LogP contribution in [0.3, 0.4) is 0 Å². The summed E-state index contributed by atoms with van der Waals surface area (Å²) in [7, 11) is 0. The maximum absolute atomic E-state index is 11.5. The van der Waals surface area contributed by atoms with Gasteiger partial charge in [-0.05, 0) is 41.0 Å². The second-order valence-electron chi connectivity index (χ2n) is 4.07. The van der Waals surface area contributed by atoms with E-state index in [-0.39, 0.29) is 12.1 Å². The van der Waals surface area contributed by atoms with Crippen molar-refractivity contribution in [2.75, 3.05) is 13.2 Å². The third-order valence-electron chi connectivity index (χ3n) is 2.08. The van der Waals surface area contributed by atoms with Gasteiger partial charge in [0.15, 0.2) is 0 Å². The van der Waals surface area contributed by atoms with Crippen LogP contribution in [0.2, 0.25) is 0 Å². The zero-order valence-electron chi connectivity index (χ0n) is 9.92. The Balaban J connectivity index is 4.10. The van der Waals surface area contributed by atoms with E-state index in [0.717, 1.165) is 0 Å². The number of esters is 1. The van der Waals surface area contributed by atoms with Gasteiger partial charge in [-0.15, -0.1) is 0 Å². The van der Waals surface area contributed by atoms with Gasteiger partial charge in [0.2, 0.25) is 0 Å². The standard InChI is InChI=1S/C11H22O3/c1-6-13-9(3)8-11(4,5)10(12)14-7-2/h9H,6-8H2,1-5H3. The molecular weight excluding hydrogens is 180 g/mol. The summed E-state index contributed by atoms with van der Waals surface area (Å²) in [6.45, 7) is 10.6. The summed E-state index contributed by atoms with van der Waals surface area (Å²) in [4.78, 5) is 11.5. The molecule has 0 aromatic heterocycles. The lowest BCUT2D eigenvalue weighted by Crippen LogP contribution is -2.31. The molecule has 3 heteroatoms. The molecule has 0 rings (SSSR count). The van der Waals surface area contributed by atoms with E-state index in [0.29, 0.717) is 19.6 Å². The topological polar surface area (TPSA) is 35.5 Å². The summed E-state index contributed by atoms with van der Waals surface area (Å²) < 4.78 is 10.4. The second-order valence-corrected chi connectivity index (χ2v) is 4.07. The number of carbonyl (C=O) groups is 1. The lowest BCUT2D eigenvalue weighted by atomic mass is 9.87. The first-order chi connectivity index (χ1) is 6.44. The van der Waals surface area contributed by atoms with Crippen molar-refractivity contribution in [2.45, 2.75) is 47.1 Å². The average Bonchev–Trinajstić information content (AvgIpc) is 2.03. The molecule has 0 aliphatic rings. The van der Waals surface area contributed by atoms with Crippen molar-refractivity contribution in [3.63, 3.8) is 0 Å². The summed E-state index contributed by atoms with van der Waals surface area (Å²) in [5, 5.41) is 0. The SMILES string of the molecule is CCOC(=O)C(C)(C)CC(C)OCC. The first kappa shape index (κ1) is 13.4. The Morgan fingerprint density at radius 1 is 1.29 bits per heavy atom. The van der Waals surface area contributed by atoms with Crippen LogP contribution < -0.4 is 0 Å². The molecule has 0 spiro atoms. The fraction of sp³-hybridized carbons (Fsp3) is 0.909. The van der Waals surface area contributed by atoms with Crippen LogP contribution in [-0.4, -0.2) is 25.3 Å². The summed E-state index contributed by atoms with van der Waals surface area (Å²) in [6.07, 6.45) is 0.791. The highest BCUT2D eigenvalue weighted by molar-refractivity contribution is 5.75. The van der Waals surface area contributed by atoms with E-state index in [2.05, 4.69) is 0 Å². The average molecular weight is 202 g/mol. The van der Waals surface area contributed by atoms with E-state index in [4.69, 9.17) is 9.47 Å². The van der Waals surface area contributed by atoms with Crippen LogP contribution in [-0.2, 0) is 14.3 Å². The normalized spacial score (nSPS) is 13.8. The van der Waals surface area contributed by atoms with Crippen molar-refractivity contribution in [3.05, 3.63) is 0 Å². The minimum Gasteiger partial charge on any atom is -0.466 e. The van der Waals surface area contributed by atoms with Crippen molar-refractivity contribution >= 4 is 5.97 Å². The molecule has 0 N–H and O–H groups in total.